The average Bonchev–Trinajstić information content (AvgIpc) is 2.95. The second kappa shape index (κ2) is 10.3. The summed E-state index contributed by atoms with van der Waals surface area (Å²) >= 11 is 0. The molecular weight excluding hydrogens is 434 g/mol. The van der Waals surface area contributed by atoms with Gasteiger partial charge in [-0.25, -0.2) is 4.39 Å². The van der Waals surface area contributed by atoms with E-state index >= 15 is 0 Å². The summed E-state index contributed by atoms with van der Waals surface area (Å²) < 4.78 is 21.2. The molecule has 0 aliphatic heterocycles. The molecule has 0 bridgehead atoms. The summed E-state index contributed by atoms with van der Waals surface area (Å²) in [7, 11) is 5.73. The molecule has 138 valence electrons. The van der Waals surface area contributed by atoms with Crippen LogP contribution >= 0.6 is 24.0 Å². The summed E-state index contributed by atoms with van der Waals surface area (Å²) in [6.45, 7) is 3.51. The van der Waals surface area contributed by atoms with Crippen LogP contribution in [-0.4, -0.2) is 36.1 Å². The number of hydrogen-bond acceptors (Lipinski definition) is 2. The summed E-state index contributed by atoms with van der Waals surface area (Å²) in [5.41, 5.74) is 2.02. The van der Waals surface area contributed by atoms with Crippen LogP contribution in [-0.2, 0) is 20.1 Å². The van der Waals surface area contributed by atoms with E-state index in [1.54, 1.807) is 13.1 Å². The molecular formula is C18H26FIN4O. The lowest BCUT2D eigenvalue weighted by Gasteiger charge is -2.22. The molecule has 0 atom stereocenters. The first-order chi connectivity index (χ1) is 11.5. The molecule has 2 aromatic rings. The summed E-state index contributed by atoms with van der Waals surface area (Å²) in [6, 6.07) is 9.09. The lowest BCUT2D eigenvalue weighted by molar-refractivity contribution is 0.321. The van der Waals surface area contributed by atoms with Crippen molar-refractivity contribution in [1.82, 2.24) is 14.8 Å². The van der Waals surface area contributed by atoms with Crippen LogP contribution in [0.2, 0.25) is 0 Å². The fourth-order valence-corrected chi connectivity index (χ4v) is 2.47. The molecule has 1 aromatic heterocycles. The van der Waals surface area contributed by atoms with E-state index in [-0.39, 0.29) is 35.5 Å². The number of aryl methyl sites for hydroxylation is 1. The number of aromatic nitrogens is 1. The largest absolute Gasteiger partial charge is 0.491 e. The van der Waals surface area contributed by atoms with Gasteiger partial charge < -0.3 is 19.5 Å². The number of guanidine groups is 1. The predicted molar refractivity (Wildman–Crippen MR) is 110 cm³/mol. The van der Waals surface area contributed by atoms with Gasteiger partial charge in [0.1, 0.15) is 0 Å². The molecule has 0 aliphatic carbocycles. The maximum atomic E-state index is 13.9. The quantitative estimate of drug-likeness (QED) is 0.409. The van der Waals surface area contributed by atoms with Crippen molar-refractivity contribution in [1.29, 1.82) is 0 Å². The minimum atomic E-state index is -0.344. The van der Waals surface area contributed by atoms with Crippen molar-refractivity contribution in [2.45, 2.75) is 20.0 Å². The van der Waals surface area contributed by atoms with Crippen molar-refractivity contribution < 1.29 is 9.13 Å². The Kier molecular flexibility index (Phi) is 8.74. The number of nitrogens with one attached hydrogen (secondary N) is 1. The second-order valence-electron chi connectivity index (χ2n) is 5.57. The highest BCUT2D eigenvalue weighted by atomic mass is 127. The number of aliphatic imine (C=N–C) groups is 1. The van der Waals surface area contributed by atoms with Crippen LogP contribution in [0.3, 0.4) is 0 Å². The number of benzene rings is 1. The molecule has 0 radical (unpaired) electrons. The van der Waals surface area contributed by atoms with Gasteiger partial charge in [0.15, 0.2) is 17.5 Å². The van der Waals surface area contributed by atoms with Gasteiger partial charge in [-0.3, -0.25) is 4.99 Å². The molecule has 1 aromatic carbocycles. The van der Waals surface area contributed by atoms with Crippen molar-refractivity contribution in [3.8, 4) is 5.75 Å². The molecule has 0 fully saturated rings. The molecule has 1 N–H and O–H groups in total. The van der Waals surface area contributed by atoms with Gasteiger partial charge >= 0.3 is 0 Å². The zero-order chi connectivity index (χ0) is 17.5. The van der Waals surface area contributed by atoms with Crippen molar-refractivity contribution in [2.24, 2.45) is 12.0 Å². The molecule has 25 heavy (non-hydrogen) atoms. The highest BCUT2D eigenvalue weighted by molar-refractivity contribution is 14.0. The maximum absolute atomic E-state index is 13.9. The van der Waals surface area contributed by atoms with Crippen LogP contribution in [0.15, 0.2) is 41.5 Å². The highest BCUT2D eigenvalue weighted by Crippen LogP contribution is 2.18. The first kappa shape index (κ1) is 21.3. The smallest absolute Gasteiger partial charge is 0.194 e. The van der Waals surface area contributed by atoms with E-state index in [9.17, 15) is 4.39 Å². The fraction of sp³-hybridized carbons (Fsp3) is 0.389. The first-order valence-corrected chi connectivity index (χ1v) is 7.98. The Morgan fingerprint density at radius 1 is 1.36 bits per heavy atom. The first-order valence-electron chi connectivity index (χ1n) is 7.98. The highest BCUT2D eigenvalue weighted by Gasteiger charge is 2.09. The van der Waals surface area contributed by atoms with Crippen LogP contribution in [0.4, 0.5) is 4.39 Å². The molecule has 0 spiro atoms. The lowest BCUT2D eigenvalue weighted by atomic mass is 10.2. The molecule has 0 aliphatic rings. The molecule has 0 unspecified atom stereocenters. The summed E-state index contributed by atoms with van der Waals surface area (Å²) in [6.07, 6.45) is 2.02. The monoisotopic (exact) mass is 460 g/mol. The summed E-state index contributed by atoms with van der Waals surface area (Å²) in [4.78, 5) is 6.31. The van der Waals surface area contributed by atoms with Crippen LogP contribution < -0.4 is 10.1 Å². The van der Waals surface area contributed by atoms with E-state index in [2.05, 4.69) is 20.9 Å². The van der Waals surface area contributed by atoms with Gasteiger partial charge in [-0.1, -0.05) is 6.07 Å². The van der Waals surface area contributed by atoms with E-state index < -0.39 is 0 Å². The number of hydrogen-bond donors (Lipinski definition) is 1. The van der Waals surface area contributed by atoms with Gasteiger partial charge in [0.05, 0.1) is 13.2 Å². The Labute approximate surface area is 165 Å². The zero-order valence-electron chi connectivity index (χ0n) is 15.1. The van der Waals surface area contributed by atoms with E-state index in [1.165, 1.54) is 11.8 Å². The third-order valence-electron chi connectivity index (χ3n) is 3.77. The molecule has 1 heterocycles. The van der Waals surface area contributed by atoms with E-state index in [1.807, 2.05) is 44.2 Å². The number of ether oxygens (including phenoxy) is 1. The van der Waals surface area contributed by atoms with Crippen LogP contribution in [0, 0.1) is 5.82 Å². The van der Waals surface area contributed by atoms with E-state index in [0.717, 1.165) is 18.1 Å². The Morgan fingerprint density at radius 2 is 2.12 bits per heavy atom. The SMILES string of the molecule is CCOc1ccc(CNC(=NC)N(C)Cc2cccn2C)cc1F.I. The van der Waals surface area contributed by atoms with E-state index in [4.69, 9.17) is 4.74 Å². The minimum Gasteiger partial charge on any atom is -0.491 e. The van der Waals surface area contributed by atoms with Gasteiger partial charge in [0.25, 0.3) is 0 Å². The number of rotatable bonds is 6. The summed E-state index contributed by atoms with van der Waals surface area (Å²) in [5.74, 6) is 0.695. The maximum Gasteiger partial charge on any atom is 0.194 e. The van der Waals surface area contributed by atoms with Crippen molar-refractivity contribution in [2.75, 3.05) is 20.7 Å². The molecule has 7 heteroatoms. The number of halogens is 2. The van der Waals surface area contributed by atoms with Crippen LogP contribution in [0.5, 0.6) is 5.75 Å². The van der Waals surface area contributed by atoms with Crippen molar-refractivity contribution >= 4 is 29.9 Å². The van der Waals surface area contributed by atoms with Gasteiger partial charge in [0.2, 0.25) is 0 Å². The van der Waals surface area contributed by atoms with Gasteiger partial charge in [0, 0.05) is 39.6 Å². The van der Waals surface area contributed by atoms with Crippen LogP contribution in [0.1, 0.15) is 18.2 Å². The average molecular weight is 460 g/mol. The minimum absolute atomic E-state index is 0. The normalized spacial score (nSPS) is 11.0. The molecule has 0 saturated heterocycles. The standard InChI is InChI=1S/C18H25FN4O.HI/c1-5-24-17-9-8-14(11-16(17)19)12-21-18(20-2)23(4)13-15-7-6-10-22(15)3;/h6-11H,5,12-13H2,1-4H3,(H,20,21);1H. The topological polar surface area (TPSA) is 41.8 Å². The van der Waals surface area contributed by atoms with E-state index in [0.29, 0.717) is 13.2 Å². The Balaban J connectivity index is 0.00000312. The molecule has 0 saturated carbocycles. The third kappa shape index (κ3) is 5.91. The zero-order valence-corrected chi connectivity index (χ0v) is 17.5. The van der Waals surface area contributed by atoms with Gasteiger partial charge in [-0.15, -0.1) is 24.0 Å². The summed E-state index contributed by atoms with van der Waals surface area (Å²) in [5, 5.41) is 3.26. The van der Waals surface area contributed by atoms with Crippen LogP contribution in [0.25, 0.3) is 0 Å². The Morgan fingerprint density at radius 3 is 2.68 bits per heavy atom. The lowest BCUT2D eigenvalue weighted by Crippen LogP contribution is -2.38. The van der Waals surface area contributed by atoms with Gasteiger partial charge in [-0.05, 0) is 36.8 Å². The van der Waals surface area contributed by atoms with Crippen molar-refractivity contribution in [3.05, 3.63) is 53.6 Å². The molecule has 2 rings (SSSR count). The Bertz CT molecular complexity index is 702. The molecule has 5 nitrogen and oxygen atoms in total. The fourth-order valence-electron chi connectivity index (χ4n) is 2.47. The third-order valence-corrected chi connectivity index (χ3v) is 3.77. The van der Waals surface area contributed by atoms with Crippen molar-refractivity contribution in [3.63, 3.8) is 0 Å². The number of nitrogens with zero attached hydrogens (tertiary/aromatic N) is 3. The predicted octanol–water partition coefficient (Wildman–Crippen LogP) is 3.39. The molecule has 0 amide bonds. The second-order valence-corrected chi connectivity index (χ2v) is 5.57. The van der Waals surface area contributed by atoms with Gasteiger partial charge in [-0.2, -0.15) is 0 Å². The Hall–Kier alpha value is -1.77.